The highest BCUT2D eigenvalue weighted by Crippen LogP contribution is 2.27. The molecule has 0 amide bonds. The highest BCUT2D eigenvalue weighted by Gasteiger charge is 2.45. The molecule has 0 aromatic heterocycles. The van der Waals surface area contributed by atoms with E-state index in [0.717, 1.165) is 17.4 Å². The predicted molar refractivity (Wildman–Crippen MR) is 115 cm³/mol. The Hall–Kier alpha value is -1.88. The van der Waals surface area contributed by atoms with E-state index in [1.54, 1.807) is 0 Å². The summed E-state index contributed by atoms with van der Waals surface area (Å²) in [5, 5.41) is -4.56. The maximum Gasteiger partial charge on any atom is 0.402 e. The lowest BCUT2D eigenvalue weighted by molar-refractivity contribution is -0.150. The molecule has 0 aliphatic carbocycles. The van der Waals surface area contributed by atoms with Gasteiger partial charge in [-0.15, -0.1) is 0 Å². The fourth-order valence-electron chi connectivity index (χ4n) is 2.70. The molecule has 0 saturated heterocycles. The van der Waals surface area contributed by atoms with E-state index in [2.05, 4.69) is 12.6 Å². The Bertz CT molecular complexity index is 838. The normalized spacial score (nSPS) is 11.8. The number of halogens is 2. The Morgan fingerprint density at radius 3 is 1.90 bits per heavy atom. The molecule has 0 atom stereocenters. The first kappa shape index (κ1) is 26.2. The van der Waals surface area contributed by atoms with E-state index in [1.165, 1.54) is 5.56 Å². The molecule has 1 aromatic carbocycles. The zero-order valence-corrected chi connectivity index (χ0v) is 18.2. The van der Waals surface area contributed by atoms with Crippen molar-refractivity contribution in [3.63, 3.8) is 0 Å². The Morgan fingerprint density at radius 1 is 0.967 bits per heavy atom. The predicted octanol–water partition coefficient (Wildman–Crippen LogP) is -0.425. The van der Waals surface area contributed by atoms with Crippen molar-refractivity contribution in [2.75, 3.05) is 6.61 Å². The van der Waals surface area contributed by atoms with Gasteiger partial charge in [-0.3, -0.25) is 14.1 Å². The van der Waals surface area contributed by atoms with Crippen molar-refractivity contribution in [1.82, 2.24) is 0 Å². The minimum Gasteiger partial charge on any atom is -0.458 e. The lowest BCUT2D eigenvalue weighted by atomic mass is 9.85. The number of alkyl halides is 2. The minimum atomic E-state index is -5.65. The van der Waals surface area contributed by atoms with E-state index in [4.69, 9.17) is 9.29 Å². The number of hydrogen-bond donors (Lipinski definition) is 1. The van der Waals surface area contributed by atoms with Gasteiger partial charge >= 0.3 is 27.3 Å². The summed E-state index contributed by atoms with van der Waals surface area (Å²) in [6, 6.07) is 4.03. The van der Waals surface area contributed by atoms with Crippen LogP contribution in [0.3, 0.4) is 0 Å². The number of benzene rings is 1. The number of ether oxygens (including phenoxy) is 2. The van der Waals surface area contributed by atoms with Crippen molar-refractivity contribution in [2.24, 2.45) is 0 Å². The van der Waals surface area contributed by atoms with Gasteiger partial charge in [0.25, 0.3) is 0 Å². The summed E-state index contributed by atoms with van der Waals surface area (Å²) >= 11 is 0. The highest BCUT2D eigenvalue weighted by molar-refractivity contribution is 7.86. The molecule has 0 saturated carbocycles. The number of carbonyl (C=O) groups is 2. The van der Waals surface area contributed by atoms with E-state index >= 15 is 0 Å². The van der Waals surface area contributed by atoms with Gasteiger partial charge in [-0.25, -0.2) is 0 Å². The molecule has 0 bridgehead atoms. The van der Waals surface area contributed by atoms with Crippen molar-refractivity contribution in [2.45, 2.75) is 49.9 Å². The third-order valence-corrected chi connectivity index (χ3v) is 5.35. The van der Waals surface area contributed by atoms with E-state index in [9.17, 15) is 26.8 Å². The minimum absolute atomic E-state index is 0.0241. The summed E-state index contributed by atoms with van der Waals surface area (Å²) in [6.07, 6.45) is 2.48. The molecule has 1 rings (SSSR count). The average molecular weight is 444 g/mol. The van der Waals surface area contributed by atoms with Crippen LogP contribution in [-0.4, -0.2) is 60.3 Å². The third-order valence-electron chi connectivity index (χ3n) is 4.48. The van der Waals surface area contributed by atoms with Gasteiger partial charge in [0.2, 0.25) is 0 Å². The second-order valence-corrected chi connectivity index (χ2v) is 8.31. The molecule has 0 unspecified atom stereocenters. The molecule has 0 fully saturated rings. The molecular weight excluding hydrogens is 419 g/mol. The highest BCUT2D eigenvalue weighted by atomic mass is 32.2. The number of unbranched alkanes of at least 4 members (excludes halogenated alkanes) is 1. The molecule has 7 nitrogen and oxygen atoms in total. The SMILES string of the molecule is BCc1cc(CB)c(OC(=O)CCCCC(=O)OCC(F)(F)S(=O)(=O)O)c(CB)c1. The molecule has 164 valence electrons. The fourth-order valence-corrected chi connectivity index (χ4v) is 2.91. The van der Waals surface area contributed by atoms with Crippen molar-refractivity contribution in [3.8, 4) is 5.75 Å². The summed E-state index contributed by atoms with van der Waals surface area (Å²) in [6.45, 7) is -1.76. The van der Waals surface area contributed by atoms with Crippen LogP contribution >= 0.6 is 0 Å². The van der Waals surface area contributed by atoms with Gasteiger partial charge in [0.15, 0.2) is 6.61 Å². The zero-order chi connectivity index (χ0) is 22.9. The Balaban J connectivity index is 2.51. The lowest BCUT2D eigenvalue weighted by Gasteiger charge is -2.15. The van der Waals surface area contributed by atoms with Crippen LogP contribution in [0, 0.1) is 0 Å². The quantitative estimate of drug-likeness (QED) is 0.154. The topological polar surface area (TPSA) is 107 Å². The van der Waals surface area contributed by atoms with Crippen LogP contribution in [0.25, 0.3) is 0 Å². The smallest absolute Gasteiger partial charge is 0.402 e. The maximum absolute atomic E-state index is 13.0. The van der Waals surface area contributed by atoms with Gasteiger partial charge in [0.1, 0.15) is 29.3 Å². The number of hydrogen-bond acceptors (Lipinski definition) is 6. The summed E-state index contributed by atoms with van der Waals surface area (Å²) in [7, 11) is 0.348. The van der Waals surface area contributed by atoms with Crippen LogP contribution < -0.4 is 4.74 Å². The molecule has 30 heavy (non-hydrogen) atoms. The molecule has 0 aliphatic heterocycles. The van der Waals surface area contributed by atoms with Crippen molar-refractivity contribution in [1.29, 1.82) is 0 Å². The number of carbonyl (C=O) groups excluding carboxylic acids is 2. The lowest BCUT2D eigenvalue weighted by Crippen LogP contribution is -2.34. The Morgan fingerprint density at radius 2 is 1.47 bits per heavy atom. The molecule has 1 aromatic rings. The summed E-state index contributed by atoms with van der Waals surface area (Å²) in [5.74, 6) is -0.952. The van der Waals surface area contributed by atoms with Crippen LogP contribution in [0.2, 0.25) is 0 Å². The fraction of sp³-hybridized carbons (Fsp3) is 0.529. The number of esters is 2. The van der Waals surface area contributed by atoms with Crippen LogP contribution in [0.4, 0.5) is 8.78 Å². The standard InChI is InChI=1S/C17H25B3F2O7S/c18-7-11-5-12(8-19)16(13(6-11)9-20)29-15(24)4-2-1-3-14(23)28-10-17(21,22)30(25,26)27/h5-6H,1-4,7-10,18-20H2,(H,25,26,27). The van der Waals surface area contributed by atoms with Crippen LogP contribution in [-0.2, 0) is 43.4 Å². The zero-order valence-electron chi connectivity index (χ0n) is 17.4. The maximum atomic E-state index is 13.0. The molecule has 0 aliphatic rings. The molecule has 0 spiro atoms. The molecule has 1 N–H and O–H groups in total. The van der Waals surface area contributed by atoms with E-state index in [-0.39, 0.29) is 25.7 Å². The van der Waals surface area contributed by atoms with E-state index in [1.807, 2.05) is 27.8 Å². The summed E-state index contributed by atoms with van der Waals surface area (Å²) in [4.78, 5) is 23.6. The average Bonchev–Trinajstić information content (AvgIpc) is 2.68. The number of rotatable bonds is 12. The van der Waals surface area contributed by atoms with Gasteiger partial charge in [-0.1, -0.05) is 36.7 Å². The second-order valence-electron chi connectivity index (χ2n) is 6.76. The van der Waals surface area contributed by atoms with Crippen molar-refractivity contribution in [3.05, 3.63) is 28.8 Å². The van der Waals surface area contributed by atoms with Gasteiger partial charge in [-0.05, 0) is 24.0 Å². The first-order valence-corrected chi connectivity index (χ1v) is 11.2. The van der Waals surface area contributed by atoms with Crippen LogP contribution in [0.15, 0.2) is 12.1 Å². The summed E-state index contributed by atoms with van der Waals surface area (Å²) in [5.41, 5.74) is 3.06. The molecular formula is C17H25B3F2O7S. The molecule has 0 radical (unpaired) electrons. The van der Waals surface area contributed by atoms with Crippen molar-refractivity contribution < 1.29 is 40.8 Å². The molecule has 0 heterocycles. The summed E-state index contributed by atoms with van der Waals surface area (Å²) < 4.78 is 64.9. The monoisotopic (exact) mass is 444 g/mol. The Labute approximate surface area is 177 Å². The van der Waals surface area contributed by atoms with Gasteiger partial charge in [0, 0.05) is 12.8 Å². The third kappa shape index (κ3) is 7.75. The van der Waals surface area contributed by atoms with Gasteiger partial charge < -0.3 is 9.47 Å². The van der Waals surface area contributed by atoms with E-state index in [0.29, 0.717) is 18.4 Å². The van der Waals surface area contributed by atoms with E-state index < -0.39 is 33.9 Å². The van der Waals surface area contributed by atoms with Crippen LogP contribution in [0.5, 0.6) is 5.75 Å². The van der Waals surface area contributed by atoms with Gasteiger partial charge in [0.05, 0.1) is 0 Å². The largest absolute Gasteiger partial charge is 0.458 e. The first-order valence-electron chi connectivity index (χ1n) is 9.80. The molecule has 13 heteroatoms. The van der Waals surface area contributed by atoms with Crippen molar-refractivity contribution >= 4 is 45.6 Å². The van der Waals surface area contributed by atoms with Crippen LogP contribution in [0.1, 0.15) is 42.4 Å². The Kier molecular flexibility index (Phi) is 10.0. The first-order chi connectivity index (χ1) is 13.9. The second kappa shape index (κ2) is 11.5. The van der Waals surface area contributed by atoms with Gasteiger partial charge in [-0.2, -0.15) is 17.2 Å².